The smallest absolute Gasteiger partial charge is 0.307 e. The molecule has 0 saturated heterocycles. The summed E-state index contributed by atoms with van der Waals surface area (Å²) in [4.78, 5) is 11.7. The van der Waals surface area contributed by atoms with E-state index in [2.05, 4.69) is 5.32 Å². The van der Waals surface area contributed by atoms with Gasteiger partial charge in [-0.05, 0) is 23.8 Å². The molecular weight excluding hydrogens is 326 g/mol. The summed E-state index contributed by atoms with van der Waals surface area (Å²) in [7, 11) is 1.33. The summed E-state index contributed by atoms with van der Waals surface area (Å²) in [6.45, 7) is 0.519. The normalized spacial score (nSPS) is 11.8. The molecule has 0 heterocycles. The number of methoxy groups -OCH3 is 1. The van der Waals surface area contributed by atoms with E-state index in [9.17, 15) is 4.79 Å². The number of nitrogens with two attached hydrogens (primary N) is 1. The van der Waals surface area contributed by atoms with E-state index in [4.69, 9.17) is 27.5 Å². The molecule has 0 saturated carbocycles. The van der Waals surface area contributed by atoms with Crippen molar-refractivity contribution in [1.82, 2.24) is 5.32 Å². The minimum atomic E-state index is -0.529. The van der Waals surface area contributed by atoms with E-state index in [1.165, 1.54) is 7.11 Å². The Hall–Kier alpha value is -2.37. The highest BCUT2D eigenvalue weighted by atomic mass is 35.5. The molecule has 126 valence electrons. The van der Waals surface area contributed by atoms with Crippen LogP contribution in [0.25, 0.3) is 0 Å². The van der Waals surface area contributed by atoms with E-state index in [1.807, 2.05) is 30.3 Å². The van der Waals surface area contributed by atoms with Crippen LogP contribution in [-0.4, -0.2) is 24.8 Å². The number of esters is 1. The summed E-state index contributed by atoms with van der Waals surface area (Å²) in [5.74, 6) is -0.397. The standard InChI is InChI=1S/C18H20ClN3O2/c1-24-17(23)10-16(22-11-12-5-3-2-4-6-12)18(21)14-9-13(19)7-8-15(14)20/h2-9,16,21-22H,10-11,20H2,1H3. The van der Waals surface area contributed by atoms with E-state index in [1.54, 1.807) is 18.2 Å². The maximum atomic E-state index is 11.7. The van der Waals surface area contributed by atoms with Gasteiger partial charge in [-0.3, -0.25) is 4.79 Å². The van der Waals surface area contributed by atoms with Crippen LogP contribution in [0.15, 0.2) is 48.5 Å². The van der Waals surface area contributed by atoms with Crippen LogP contribution in [0.4, 0.5) is 5.69 Å². The maximum Gasteiger partial charge on any atom is 0.307 e. The molecule has 0 bridgehead atoms. The zero-order chi connectivity index (χ0) is 17.5. The van der Waals surface area contributed by atoms with Crippen molar-refractivity contribution >= 4 is 29.0 Å². The van der Waals surface area contributed by atoms with Gasteiger partial charge >= 0.3 is 5.97 Å². The Morgan fingerprint density at radius 1 is 1.29 bits per heavy atom. The predicted molar refractivity (Wildman–Crippen MR) is 96.4 cm³/mol. The fraction of sp³-hybridized carbons (Fsp3) is 0.222. The zero-order valence-electron chi connectivity index (χ0n) is 13.4. The minimum absolute atomic E-state index is 0.0358. The lowest BCUT2D eigenvalue weighted by atomic mass is 9.98. The molecule has 1 atom stereocenters. The maximum absolute atomic E-state index is 11.7. The highest BCUT2D eigenvalue weighted by Crippen LogP contribution is 2.20. The second-order valence-corrected chi connectivity index (χ2v) is 5.78. The second-order valence-electron chi connectivity index (χ2n) is 5.34. The van der Waals surface area contributed by atoms with Gasteiger partial charge in [0.1, 0.15) is 0 Å². The monoisotopic (exact) mass is 345 g/mol. The van der Waals surface area contributed by atoms with Gasteiger partial charge in [0, 0.05) is 22.8 Å². The van der Waals surface area contributed by atoms with Gasteiger partial charge in [-0.1, -0.05) is 41.9 Å². The largest absolute Gasteiger partial charge is 0.469 e. The van der Waals surface area contributed by atoms with Crippen LogP contribution in [0, 0.1) is 5.41 Å². The van der Waals surface area contributed by atoms with Crippen LogP contribution in [0.1, 0.15) is 17.5 Å². The van der Waals surface area contributed by atoms with Crippen molar-refractivity contribution in [2.75, 3.05) is 12.8 Å². The highest BCUT2D eigenvalue weighted by molar-refractivity contribution is 6.31. The minimum Gasteiger partial charge on any atom is -0.469 e. The molecule has 2 aromatic rings. The topological polar surface area (TPSA) is 88.2 Å². The van der Waals surface area contributed by atoms with Crippen LogP contribution >= 0.6 is 11.6 Å². The Morgan fingerprint density at radius 2 is 2.00 bits per heavy atom. The van der Waals surface area contributed by atoms with Gasteiger partial charge in [0.2, 0.25) is 0 Å². The Bertz CT molecular complexity index is 719. The molecule has 2 aromatic carbocycles. The van der Waals surface area contributed by atoms with Crippen molar-refractivity contribution in [3.8, 4) is 0 Å². The van der Waals surface area contributed by atoms with Crippen LogP contribution in [0.5, 0.6) is 0 Å². The molecule has 6 heteroatoms. The number of nitrogens with one attached hydrogen (secondary N) is 2. The lowest BCUT2D eigenvalue weighted by molar-refractivity contribution is -0.140. The summed E-state index contributed by atoms with van der Waals surface area (Å²) >= 11 is 6.01. The number of carbonyl (C=O) groups is 1. The van der Waals surface area contributed by atoms with E-state index in [0.29, 0.717) is 22.8 Å². The SMILES string of the molecule is COC(=O)CC(NCc1ccccc1)C(=N)c1cc(Cl)ccc1N. The van der Waals surface area contributed by atoms with E-state index >= 15 is 0 Å². The molecule has 0 aliphatic carbocycles. The molecule has 1 unspecified atom stereocenters. The van der Waals surface area contributed by atoms with Crippen molar-refractivity contribution in [3.63, 3.8) is 0 Å². The van der Waals surface area contributed by atoms with Crippen LogP contribution in [0.3, 0.4) is 0 Å². The van der Waals surface area contributed by atoms with E-state index in [0.717, 1.165) is 5.56 Å². The van der Waals surface area contributed by atoms with Gasteiger partial charge in [-0.15, -0.1) is 0 Å². The van der Waals surface area contributed by atoms with Crippen molar-refractivity contribution in [2.24, 2.45) is 0 Å². The Labute approximate surface area is 146 Å². The molecule has 0 spiro atoms. The van der Waals surface area contributed by atoms with Gasteiger partial charge in [-0.2, -0.15) is 0 Å². The summed E-state index contributed by atoms with van der Waals surface area (Å²) in [5, 5.41) is 12.2. The fourth-order valence-corrected chi connectivity index (χ4v) is 2.48. The summed E-state index contributed by atoms with van der Waals surface area (Å²) < 4.78 is 4.74. The number of hydrogen-bond acceptors (Lipinski definition) is 5. The number of carbonyl (C=O) groups excluding carboxylic acids is 1. The third kappa shape index (κ3) is 4.81. The fourth-order valence-electron chi connectivity index (χ4n) is 2.31. The van der Waals surface area contributed by atoms with E-state index in [-0.39, 0.29) is 12.1 Å². The molecule has 4 N–H and O–H groups in total. The van der Waals surface area contributed by atoms with Gasteiger partial charge < -0.3 is 21.2 Å². The van der Waals surface area contributed by atoms with Gasteiger partial charge in [0.15, 0.2) is 0 Å². The first kappa shape index (κ1) is 18.0. The predicted octanol–water partition coefficient (Wildman–Crippen LogP) is 3.01. The summed E-state index contributed by atoms with van der Waals surface area (Å²) in [6.07, 6.45) is 0.0358. The number of rotatable bonds is 7. The Balaban J connectivity index is 2.19. The average Bonchev–Trinajstić information content (AvgIpc) is 2.60. The van der Waals surface area contributed by atoms with Crippen LogP contribution in [0.2, 0.25) is 5.02 Å². The van der Waals surface area contributed by atoms with E-state index < -0.39 is 12.0 Å². The average molecular weight is 346 g/mol. The first-order valence-corrected chi connectivity index (χ1v) is 7.87. The molecule has 24 heavy (non-hydrogen) atoms. The first-order valence-electron chi connectivity index (χ1n) is 7.49. The number of nitrogen functional groups attached to an aromatic ring is 1. The zero-order valence-corrected chi connectivity index (χ0v) is 14.1. The molecule has 2 rings (SSSR count). The molecular formula is C18H20ClN3O2. The third-order valence-electron chi connectivity index (χ3n) is 3.65. The van der Waals surface area contributed by atoms with Gasteiger partial charge in [0.05, 0.1) is 25.3 Å². The second kappa shape index (κ2) is 8.47. The number of anilines is 1. The Morgan fingerprint density at radius 3 is 2.67 bits per heavy atom. The molecule has 0 radical (unpaired) electrons. The number of benzene rings is 2. The van der Waals surface area contributed by atoms with Crippen molar-refractivity contribution in [1.29, 1.82) is 5.41 Å². The molecule has 0 amide bonds. The van der Waals surface area contributed by atoms with Gasteiger partial charge in [0.25, 0.3) is 0 Å². The lowest BCUT2D eigenvalue weighted by Crippen LogP contribution is -2.39. The number of hydrogen-bond donors (Lipinski definition) is 3. The number of ether oxygens (including phenoxy) is 1. The molecule has 0 aliphatic heterocycles. The third-order valence-corrected chi connectivity index (χ3v) is 3.88. The van der Waals surface area contributed by atoms with Crippen LogP contribution in [-0.2, 0) is 16.1 Å². The van der Waals surface area contributed by atoms with Crippen molar-refractivity contribution < 1.29 is 9.53 Å². The lowest BCUT2D eigenvalue weighted by Gasteiger charge is -2.20. The number of halogens is 1. The summed E-state index contributed by atoms with van der Waals surface area (Å²) in [6, 6.07) is 14.2. The van der Waals surface area contributed by atoms with Gasteiger partial charge in [-0.25, -0.2) is 0 Å². The van der Waals surface area contributed by atoms with Crippen molar-refractivity contribution in [3.05, 3.63) is 64.7 Å². The first-order chi connectivity index (χ1) is 11.5. The molecule has 5 nitrogen and oxygen atoms in total. The Kier molecular flexibility index (Phi) is 6.35. The molecule has 0 fully saturated rings. The highest BCUT2D eigenvalue weighted by Gasteiger charge is 2.22. The quantitative estimate of drug-likeness (QED) is 0.409. The van der Waals surface area contributed by atoms with Crippen molar-refractivity contribution in [2.45, 2.75) is 19.0 Å². The summed E-state index contributed by atoms with van der Waals surface area (Å²) in [5.41, 5.74) is 8.17. The van der Waals surface area contributed by atoms with Crippen LogP contribution < -0.4 is 11.1 Å². The molecule has 0 aliphatic rings. The molecule has 0 aromatic heterocycles.